The number of rotatable bonds is 2. The summed E-state index contributed by atoms with van der Waals surface area (Å²) in [6.45, 7) is 18.3. The highest BCUT2D eigenvalue weighted by Crippen LogP contribution is 2.68. The first-order chi connectivity index (χ1) is 18.1. The van der Waals surface area contributed by atoms with Crippen LogP contribution in [0.4, 0.5) is 0 Å². The number of hydrogen-bond acceptors (Lipinski definition) is 2. The molecule has 1 aliphatic heterocycles. The van der Waals surface area contributed by atoms with Gasteiger partial charge < -0.3 is 9.47 Å². The third-order valence-corrected chi connectivity index (χ3v) is 9.93. The van der Waals surface area contributed by atoms with Crippen molar-refractivity contribution >= 4 is 0 Å². The zero-order valence-corrected chi connectivity index (χ0v) is 23.7. The summed E-state index contributed by atoms with van der Waals surface area (Å²) in [6.07, 6.45) is 0. The molecule has 2 unspecified atom stereocenters. The highest BCUT2D eigenvalue weighted by molar-refractivity contribution is 5.78. The van der Waals surface area contributed by atoms with Gasteiger partial charge in [0.15, 0.2) is 23.0 Å². The topological polar surface area (TPSA) is 18.5 Å². The average Bonchev–Trinajstić information content (AvgIpc) is 2.87. The van der Waals surface area contributed by atoms with E-state index in [0.717, 1.165) is 23.0 Å². The zero-order chi connectivity index (χ0) is 26.7. The molecule has 0 aromatic heterocycles. The van der Waals surface area contributed by atoms with Crippen molar-refractivity contribution in [2.75, 3.05) is 0 Å². The molecule has 192 valence electrons. The fourth-order valence-corrected chi connectivity index (χ4v) is 7.91. The van der Waals surface area contributed by atoms with E-state index >= 15 is 0 Å². The van der Waals surface area contributed by atoms with Gasteiger partial charge in [0.2, 0.25) is 0 Å². The minimum absolute atomic E-state index is 0.266. The first-order valence-corrected chi connectivity index (χ1v) is 14.0. The van der Waals surface area contributed by atoms with Crippen LogP contribution in [0.1, 0.15) is 83.3 Å². The molecule has 0 spiro atoms. The Labute approximate surface area is 226 Å². The van der Waals surface area contributed by atoms with Crippen LogP contribution in [0.2, 0.25) is 0 Å². The van der Waals surface area contributed by atoms with Crippen LogP contribution in [0.25, 0.3) is 0 Å². The highest BCUT2D eigenvalue weighted by Gasteiger charge is 2.61. The number of fused-ring (bicyclic) bond motifs is 2. The van der Waals surface area contributed by atoms with Gasteiger partial charge in [-0.25, -0.2) is 0 Å². The molecule has 38 heavy (non-hydrogen) atoms. The molecule has 2 bridgehead atoms. The summed E-state index contributed by atoms with van der Waals surface area (Å²) in [5, 5.41) is 0. The van der Waals surface area contributed by atoms with Crippen LogP contribution < -0.4 is 9.47 Å². The van der Waals surface area contributed by atoms with Gasteiger partial charge in [-0.1, -0.05) is 64.1 Å². The quantitative estimate of drug-likeness (QED) is 0.240. The molecule has 8 rings (SSSR count). The lowest BCUT2D eigenvalue weighted by molar-refractivity contribution is 0.315. The summed E-state index contributed by atoms with van der Waals surface area (Å²) in [4.78, 5) is 0. The first-order valence-electron chi connectivity index (χ1n) is 14.0. The molecule has 0 radical (unpaired) electrons. The molecule has 0 saturated carbocycles. The summed E-state index contributed by atoms with van der Waals surface area (Å²) < 4.78 is 13.2. The van der Waals surface area contributed by atoms with Gasteiger partial charge in [0, 0.05) is 10.8 Å². The predicted molar refractivity (Wildman–Crippen MR) is 154 cm³/mol. The number of hydrogen-bond donors (Lipinski definition) is 0. The maximum absolute atomic E-state index is 6.60. The van der Waals surface area contributed by atoms with Crippen molar-refractivity contribution in [2.24, 2.45) is 11.8 Å². The van der Waals surface area contributed by atoms with E-state index in [2.05, 4.69) is 116 Å². The van der Waals surface area contributed by atoms with Crippen molar-refractivity contribution in [3.8, 4) is 23.0 Å². The first kappa shape index (κ1) is 23.6. The van der Waals surface area contributed by atoms with Crippen molar-refractivity contribution in [1.29, 1.82) is 0 Å². The van der Waals surface area contributed by atoms with Gasteiger partial charge in [-0.15, -0.1) is 0 Å². The summed E-state index contributed by atoms with van der Waals surface area (Å²) in [5.74, 6) is 3.90. The van der Waals surface area contributed by atoms with Crippen LogP contribution >= 0.6 is 0 Å². The van der Waals surface area contributed by atoms with Crippen LogP contribution in [0.3, 0.4) is 0 Å². The van der Waals surface area contributed by atoms with E-state index in [1.807, 2.05) is 0 Å². The van der Waals surface area contributed by atoms with Gasteiger partial charge in [-0.2, -0.15) is 0 Å². The molecule has 1 heterocycles. The monoisotopic (exact) mass is 500 g/mol. The second-order valence-corrected chi connectivity index (χ2v) is 12.4. The highest BCUT2D eigenvalue weighted by atomic mass is 16.6. The molecular weight excluding hydrogens is 464 g/mol. The second-order valence-electron chi connectivity index (χ2n) is 12.4. The van der Waals surface area contributed by atoms with Crippen LogP contribution in [0.15, 0.2) is 60.7 Å². The van der Waals surface area contributed by atoms with Gasteiger partial charge in [0.25, 0.3) is 0 Å². The van der Waals surface area contributed by atoms with Crippen molar-refractivity contribution in [3.63, 3.8) is 0 Å². The van der Waals surface area contributed by atoms with E-state index in [1.165, 1.54) is 55.6 Å². The summed E-state index contributed by atoms with van der Waals surface area (Å²) in [7, 11) is 0. The number of aryl methyl sites for hydroxylation is 4. The van der Waals surface area contributed by atoms with Crippen LogP contribution in [-0.4, -0.2) is 0 Å². The van der Waals surface area contributed by atoms with E-state index in [9.17, 15) is 0 Å². The van der Waals surface area contributed by atoms with E-state index in [1.54, 1.807) is 0 Å². The van der Waals surface area contributed by atoms with Gasteiger partial charge >= 0.3 is 0 Å². The lowest BCUT2D eigenvalue weighted by Crippen LogP contribution is -2.55. The van der Waals surface area contributed by atoms with Gasteiger partial charge in [-0.3, -0.25) is 0 Å². The Hall–Kier alpha value is -3.52. The normalized spacial score (nSPS) is 21.7. The van der Waals surface area contributed by atoms with Crippen molar-refractivity contribution in [1.82, 2.24) is 0 Å². The molecule has 4 aliphatic rings. The molecule has 2 nitrogen and oxygen atoms in total. The van der Waals surface area contributed by atoms with E-state index in [-0.39, 0.29) is 10.8 Å². The predicted octanol–water partition coefficient (Wildman–Crippen LogP) is 9.43. The van der Waals surface area contributed by atoms with Gasteiger partial charge in [0.1, 0.15) is 0 Å². The third-order valence-electron chi connectivity index (χ3n) is 9.93. The molecule has 4 aromatic rings. The zero-order valence-electron chi connectivity index (χ0n) is 23.7. The summed E-state index contributed by atoms with van der Waals surface area (Å²) in [6, 6.07) is 23.0. The largest absolute Gasteiger partial charge is 0.449 e. The number of ether oxygens (including phenoxy) is 2. The Morgan fingerprint density at radius 1 is 0.447 bits per heavy atom. The Balaban J connectivity index is 1.62. The maximum atomic E-state index is 6.60. The second kappa shape index (κ2) is 7.53. The minimum atomic E-state index is -0.266. The fraction of sp³-hybridized carbons (Fsp3) is 0.333. The molecule has 2 atom stereocenters. The lowest BCUT2D eigenvalue weighted by atomic mass is 9.42. The molecule has 4 aromatic carbocycles. The average molecular weight is 501 g/mol. The Kier molecular flexibility index (Phi) is 4.67. The third kappa shape index (κ3) is 2.59. The Morgan fingerprint density at radius 2 is 0.763 bits per heavy atom. The van der Waals surface area contributed by atoms with E-state index in [0.29, 0.717) is 11.8 Å². The molecule has 0 saturated heterocycles. The van der Waals surface area contributed by atoms with Crippen LogP contribution in [0.5, 0.6) is 23.0 Å². The minimum Gasteiger partial charge on any atom is -0.449 e. The van der Waals surface area contributed by atoms with Crippen molar-refractivity contribution < 1.29 is 9.47 Å². The van der Waals surface area contributed by atoms with Crippen molar-refractivity contribution in [2.45, 2.75) is 66.2 Å². The molecule has 2 heteroatoms. The maximum Gasteiger partial charge on any atom is 0.170 e. The van der Waals surface area contributed by atoms with Crippen LogP contribution in [-0.2, 0) is 10.8 Å². The Morgan fingerprint density at radius 3 is 1.13 bits per heavy atom. The van der Waals surface area contributed by atoms with E-state index in [4.69, 9.17) is 9.47 Å². The van der Waals surface area contributed by atoms with Gasteiger partial charge in [0.05, 0.1) is 0 Å². The molecular formula is C36H36O2. The molecule has 0 fully saturated rings. The van der Waals surface area contributed by atoms with Crippen molar-refractivity contribution in [3.05, 3.63) is 116 Å². The Bertz CT molecular complexity index is 1550. The molecule has 0 amide bonds. The standard InChI is InChI=1S/C36H36O2/c1-19(2)35-25-11-9-10-12-26(25)36(20(3)4,28-14-22(6)21(5)13-27(28)35)30-18-34-33(17-29(30)35)37-31-15-23(7)24(8)16-32(31)38-34/h9-20H,1-8H3. The summed E-state index contributed by atoms with van der Waals surface area (Å²) >= 11 is 0. The van der Waals surface area contributed by atoms with Gasteiger partial charge in [-0.05, 0) is 119 Å². The lowest BCUT2D eigenvalue weighted by Gasteiger charge is -2.60. The molecule has 0 N–H and O–H groups in total. The summed E-state index contributed by atoms with van der Waals surface area (Å²) in [5.41, 5.74) is 13.1. The molecule has 3 aliphatic carbocycles. The number of benzene rings is 4. The smallest absolute Gasteiger partial charge is 0.170 e. The van der Waals surface area contributed by atoms with Crippen LogP contribution in [0, 0.1) is 39.5 Å². The fourth-order valence-electron chi connectivity index (χ4n) is 7.91. The SMILES string of the molecule is Cc1cc2c(cc1C)Oc1cc3c(cc1O2)C1(C(C)C)c2ccccc2C3(C(C)C)c2cc(C)c(C)cc21. The van der Waals surface area contributed by atoms with E-state index < -0.39 is 0 Å².